The van der Waals surface area contributed by atoms with Crippen LogP contribution in [0.25, 0.3) is 6.08 Å². The molecule has 8 heteroatoms. The molecule has 0 spiro atoms. The summed E-state index contributed by atoms with van der Waals surface area (Å²) in [6, 6.07) is 13.0. The molecule has 0 saturated carbocycles. The summed E-state index contributed by atoms with van der Waals surface area (Å²) in [5, 5.41) is 12.3. The first-order chi connectivity index (χ1) is 12.9. The van der Waals surface area contributed by atoms with Crippen LogP contribution >= 0.6 is 23.2 Å². The minimum Gasteiger partial charge on any atom is -0.497 e. The van der Waals surface area contributed by atoms with E-state index in [1.165, 1.54) is 31.4 Å². The molecule has 0 aromatic heterocycles. The fourth-order valence-electron chi connectivity index (χ4n) is 2.04. The molecule has 0 aliphatic heterocycles. The van der Waals surface area contributed by atoms with Crippen LogP contribution in [0.3, 0.4) is 0 Å². The van der Waals surface area contributed by atoms with Gasteiger partial charge in [0.05, 0.1) is 7.11 Å². The average molecular weight is 405 g/mol. The number of anilines is 1. The molecular weight excluding hydrogens is 391 g/mol. The van der Waals surface area contributed by atoms with Gasteiger partial charge in [-0.15, -0.1) is 0 Å². The van der Waals surface area contributed by atoms with Crippen molar-refractivity contribution in [1.29, 1.82) is 5.26 Å². The van der Waals surface area contributed by atoms with E-state index in [9.17, 15) is 9.59 Å². The quantitative estimate of drug-likeness (QED) is 0.444. The number of esters is 1. The van der Waals surface area contributed by atoms with E-state index in [0.29, 0.717) is 27.0 Å². The highest BCUT2D eigenvalue weighted by atomic mass is 35.5. The zero-order valence-electron chi connectivity index (χ0n) is 14.2. The van der Waals surface area contributed by atoms with Crippen molar-refractivity contribution in [3.63, 3.8) is 0 Å². The van der Waals surface area contributed by atoms with Gasteiger partial charge in [-0.05, 0) is 42.0 Å². The van der Waals surface area contributed by atoms with Gasteiger partial charge < -0.3 is 14.8 Å². The van der Waals surface area contributed by atoms with Gasteiger partial charge in [0.2, 0.25) is 0 Å². The molecule has 0 saturated heterocycles. The third kappa shape index (κ3) is 6.33. The van der Waals surface area contributed by atoms with E-state index in [4.69, 9.17) is 37.9 Å². The van der Waals surface area contributed by atoms with Crippen LogP contribution in [0.2, 0.25) is 10.0 Å². The lowest BCUT2D eigenvalue weighted by Crippen LogP contribution is -2.21. The van der Waals surface area contributed by atoms with Crippen LogP contribution in [0, 0.1) is 11.3 Å². The number of nitrogens with one attached hydrogen (secondary N) is 1. The number of nitriles is 1. The normalized spacial score (nSPS) is 10.7. The molecule has 138 valence electrons. The van der Waals surface area contributed by atoms with Crippen LogP contribution < -0.4 is 10.1 Å². The Morgan fingerprint density at radius 2 is 1.78 bits per heavy atom. The summed E-state index contributed by atoms with van der Waals surface area (Å²) >= 11 is 11.7. The molecule has 2 aromatic carbocycles. The number of benzene rings is 2. The summed E-state index contributed by atoms with van der Waals surface area (Å²) in [5.41, 5.74) is 0.740. The largest absolute Gasteiger partial charge is 0.497 e. The van der Waals surface area contributed by atoms with Crippen LogP contribution in [-0.4, -0.2) is 25.6 Å². The van der Waals surface area contributed by atoms with Crippen molar-refractivity contribution in [2.24, 2.45) is 0 Å². The van der Waals surface area contributed by atoms with E-state index in [2.05, 4.69) is 5.32 Å². The number of carbonyl (C=O) groups is 2. The number of halogens is 2. The van der Waals surface area contributed by atoms with Gasteiger partial charge in [-0.3, -0.25) is 4.79 Å². The Bertz CT molecular complexity index is 898. The third-order valence-electron chi connectivity index (χ3n) is 3.25. The number of nitrogens with zero attached hydrogens (tertiary/aromatic N) is 1. The van der Waals surface area contributed by atoms with Gasteiger partial charge in [0, 0.05) is 15.7 Å². The highest BCUT2D eigenvalue weighted by molar-refractivity contribution is 6.35. The summed E-state index contributed by atoms with van der Waals surface area (Å²) in [6.45, 7) is -0.565. The maximum absolute atomic E-state index is 12.0. The molecule has 0 radical (unpaired) electrons. The van der Waals surface area contributed by atoms with E-state index < -0.39 is 18.5 Å². The Morgan fingerprint density at radius 1 is 1.15 bits per heavy atom. The molecular formula is C19H14Cl2N2O4. The Kier molecular flexibility index (Phi) is 7.24. The van der Waals surface area contributed by atoms with Gasteiger partial charge in [0.25, 0.3) is 5.91 Å². The second-order valence-corrected chi connectivity index (χ2v) is 6.10. The minimum atomic E-state index is -0.910. The molecule has 27 heavy (non-hydrogen) atoms. The highest BCUT2D eigenvalue weighted by Crippen LogP contribution is 2.22. The van der Waals surface area contributed by atoms with E-state index in [0.717, 1.165) is 0 Å². The lowest BCUT2D eigenvalue weighted by atomic mass is 10.1. The fraction of sp³-hybridized carbons (Fsp3) is 0.105. The number of hydrogen-bond donors (Lipinski definition) is 1. The lowest BCUT2D eigenvalue weighted by Gasteiger charge is -2.07. The summed E-state index contributed by atoms with van der Waals surface area (Å²) in [6.07, 6.45) is 1.36. The van der Waals surface area contributed by atoms with Crippen molar-refractivity contribution in [3.8, 4) is 11.8 Å². The first-order valence-corrected chi connectivity index (χ1v) is 8.36. The van der Waals surface area contributed by atoms with Crippen molar-refractivity contribution in [2.75, 3.05) is 19.0 Å². The monoisotopic (exact) mass is 404 g/mol. The molecule has 0 unspecified atom stereocenters. The molecule has 2 rings (SSSR count). The number of methoxy groups -OCH3 is 1. The molecule has 2 aromatic rings. The van der Waals surface area contributed by atoms with Crippen molar-refractivity contribution in [1.82, 2.24) is 0 Å². The van der Waals surface area contributed by atoms with Gasteiger partial charge in [-0.2, -0.15) is 5.26 Å². The zero-order chi connectivity index (χ0) is 19.8. The smallest absolute Gasteiger partial charge is 0.349 e. The predicted molar refractivity (Wildman–Crippen MR) is 103 cm³/mol. The van der Waals surface area contributed by atoms with Crippen molar-refractivity contribution in [3.05, 3.63) is 63.6 Å². The van der Waals surface area contributed by atoms with Gasteiger partial charge in [-0.25, -0.2) is 4.79 Å². The minimum absolute atomic E-state index is 0.237. The summed E-state index contributed by atoms with van der Waals surface area (Å²) in [4.78, 5) is 23.9. The lowest BCUT2D eigenvalue weighted by molar-refractivity contribution is -0.142. The number of ether oxygens (including phenoxy) is 2. The van der Waals surface area contributed by atoms with Crippen molar-refractivity contribution < 1.29 is 19.1 Å². The first kappa shape index (κ1) is 20.3. The molecule has 0 bridgehead atoms. The molecule has 0 heterocycles. The Labute approximate surface area is 165 Å². The standard InChI is InChI=1S/C19H14Cl2N2O4/c1-26-17-4-2-12(3-5-17)6-13(10-22)19(25)27-11-18(24)23-16-8-14(20)7-15(21)9-16/h2-9H,11H2,1H3,(H,23,24)/b13-6+. The van der Waals surface area contributed by atoms with E-state index in [1.807, 2.05) is 0 Å². The van der Waals surface area contributed by atoms with E-state index in [1.54, 1.807) is 30.3 Å². The molecule has 0 aliphatic rings. The van der Waals surface area contributed by atoms with Crippen LogP contribution in [0.1, 0.15) is 5.56 Å². The summed E-state index contributed by atoms with van der Waals surface area (Å²) < 4.78 is 9.91. The molecule has 0 aliphatic carbocycles. The molecule has 1 amide bonds. The Morgan fingerprint density at radius 3 is 2.33 bits per heavy atom. The molecule has 6 nitrogen and oxygen atoms in total. The Balaban J connectivity index is 1.96. The average Bonchev–Trinajstić information content (AvgIpc) is 2.63. The first-order valence-electron chi connectivity index (χ1n) is 7.60. The topological polar surface area (TPSA) is 88.4 Å². The fourth-order valence-corrected chi connectivity index (χ4v) is 2.56. The molecule has 1 N–H and O–H groups in total. The van der Waals surface area contributed by atoms with Crippen LogP contribution in [0.15, 0.2) is 48.0 Å². The van der Waals surface area contributed by atoms with Gasteiger partial charge in [0.15, 0.2) is 6.61 Å². The zero-order valence-corrected chi connectivity index (χ0v) is 15.7. The summed E-state index contributed by atoms with van der Waals surface area (Å²) in [5.74, 6) is -0.859. The van der Waals surface area contributed by atoms with E-state index in [-0.39, 0.29) is 5.57 Å². The van der Waals surface area contributed by atoms with Crippen LogP contribution in [0.4, 0.5) is 5.69 Å². The van der Waals surface area contributed by atoms with Gasteiger partial charge in [-0.1, -0.05) is 35.3 Å². The van der Waals surface area contributed by atoms with Crippen LogP contribution in [0.5, 0.6) is 5.75 Å². The number of amides is 1. The predicted octanol–water partition coefficient (Wildman–Crippen LogP) is 4.09. The maximum Gasteiger partial charge on any atom is 0.349 e. The molecule has 0 atom stereocenters. The maximum atomic E-state index is 12.0. The van der Waals surface area contributed by atoms with Gasteiger partial charge in [0.1, 0.15) is 17.4 Å². The van der Waals surface area contributed by atoms with Gasteiger partial charge >= 0.3 is 5.97 Å². The second-order valence-electron chi connectivity index (χ2n) is 5.23. The SMILES string of the molecule is COc1ccc(/C=C(\C#N)C(=O)OCC(=O)Nc2cc(Cl)cc(Cl)c2)cc1. The number of hydrogen-bond acceptors (Lipinski definition) is 5. The van der Waals surface area contributed by atoms with Crippen molar-refractivity contribution >= 4 is 46.8 Å². The third-order valence-corrected chi connectivity index (χ3v) is 3.68. The van der Waals surface area contributed by atoms with Crippen molar-refractivity contribution in [2.45, 2.75) is 0 Å². The summed E-state index contributed by atoms with van der Waals surface area (Å²) in [7, 11) is 1.53. The highest BCUT2D eigenvalue weighted by Gasteiger charge is 2.13. The number of rotatable bonds is 6. The van der Waals surface area contributed by atoms with E-state index >= 15 is 0 Å². The Hall–Kier alpha value is -3.01. The second kappa shape index (κ2) is 9.62. The van der Waals surface area contributed by atoms with Crippen LogP contribution in [-0.2, 0) is 14.3 Å². The molecule has 0 fully saturated rings. The number of carbonyl (C=O) groups excluding carboxylic acids is 2.